The molecule has 8 nitrogen and oxygen atoms in total. The second-order valence-electron chi connectivity index (χ2n) is 5.98. The molecule has 0 radical (unpaired) electrons. The maximum absolute atomic E-state index is 12.9. The summed E-state index contributed by atoms with van der Waals surface area (Å²) in [6, 6.07) is 11.3. The number of para-hydroxylation sites is 1. The number of aryl methyl sites for hydroxylation is 1. The number of aromatic nitrogens is 5. The molecular weight excluding hydrogens is 318 g/mol. The minimum absolute atomic E-state index is 0.138. The molecule has 25 heavy (non-hydrogen) atoms. The Morgan fingerprint density at radius 1 is 1.16 bits per heavy atom. The van der Waals surface area contributed by atoms with Gasteiger partial charge in [0, 0.05) is 19.5 Å². The molecule has 0 bridgehead atoms. The fourth-order valence-electron chi connectivity index (χ4n) is 2.92. The van der Waals surface area contributed by atoms with Gasteiger partial charge >= 0.3 is 0 Å². The molecule has 2 N–H and O–H groups in total. The molecular formula is C17H17N7O. The summed E-state index contributed by atoms with van der Waals surface area (Å²) in [6.45, 7) is 2.81. The Hall–Kier alpha value is -3.29. The first kappa shape index (κ1) is 15.3. The van der Waals surface area contributed by atoms with Crippen molar-refractivity contribution in [2.75, 3.05) is 12.3 Å². The zero-order valence-corrected chi connectivity index (χ0v) is 13.8. The lowest BCUT2D eigenvalue weighted by atomic mass is 10.1. The van der Waals surface area contributed by atoms with Gasteiger partial charge in [-0.3, -0.25) is 4.79 Å². The molecule has 0 saturated carbocycles. The van der Waals surface area contributed by atoms with E-state index in [1.54, 1.807) is 17.9 Å². The van der Waals surface area contributed by atoms with Crippen molar-refractivity contribution in [3.8, 4) is 5.69 Å². The lowest BCUT2D eigenvalue weighted by Crippen LogP contribution is -2.37. The minimum Gasteiger partial charge on any atom is -0.382 e. The smallest absolute Gasteiger partial charge is 0.276 e. The number of nitrogen functional groups attached to an aromatic ring is 1. The lowest BCUT2D eigenvalue weighted by molar-refractivity contribution is 0.0726. The third-order valence-electron chi connectivity index (χ3n) is 4.22. The van der Waals surface area contributed by atoms with Crippen molar-refractivity contribution in [1.82, 2.24) is 30.1 Å². The number of rotatable bonds is 2. The third-order valence-corrected chi connectivity index (χ3v) is 4.22. The number of nitrogens with two attached hydrogens (primary N) is 1. The number of hydrogen-bond donors (Lipinski definition) is 1. The molecule has 0 unspecified atom stereocenters. The van der Waals surface area contributed by atoms with Crippen LogP contribution in [0.4, 0.5) is 5.82 Å². The number of anilines is 1. The lowest BCUT2D eigenvalue weighted by Gasteiger charge is -2.27. The van der Waals surface area contributed by atoms with Gasteiger partial charge in [0.1, 0.15) is 5.82 Å². The minimum atomic E-state index is -0.138. The number of nitrogens with zero attached hydrogens (tertiary/aromatic N) is 6. The van der Waals surface area contributed by atoms with Crippen molar-refractivity contribution in [3.63, 3.8) is 0 Å². The van der Waals surface area contributed by atoms with Gasteiger partial charge < -0.3 is 10.6 Å². The van der Waals surface area contributed by atoms with Crippen LogP contribution in [0.3, 0.4) is 0 Å². The highest BCUT2D eigenvalue weighted by molar-refractivity contribution is 5.93. The van der Waals surface area contributed by atoms with Crippen molar-refractivity contribution in [2.45, 2.75) is 19.9 Å². The summed E-state index contributed by atoms with van der Waals surface area (Å²) in [7, 11) is 0. The Labute approximate surface area is 144 Å². The van der Waals surface area contributed by atoms with Gasteiger partial charge in [-0.25, -0.2) is 0 Å². The molecule has 3 aromatic rings. The molecule has 4 rings (SSSR count). The monoisotopic (exact) mass is 335 g/mol. The molecule has 1 aliphatic rings. The summed E-state index contributed by atoms with van der Waals surface area (Å²) >= 11 is 0. The maximum Gasteiger partial charge on any atom is 0.276 e. The van der Waals surface area contributed by atoms with Crippen LogP contribution in [0.5, 0.6) is 0 Å². The summed E-state index contributed by atoms with van der Waals surface area (Å²) < 4.78 is 0. The molecule has 2 aromatic heterocycles. The highest BCUT2D eigenvalue weighted by Crippen LogP contribution is 2.20. The van der Waals surface area contributed by atoms with Crippen LogP contribution in [0.15, 0.2) is 36.4 Å². The van der Waals surface area contributed by atoms with Gasteiger partial charge in [-0.05, 0) is 30.7 Å². The Morgan fingerprint density at radius 2 is 1.96 bits per heavy atom. The second kappa shape index (κ2) is 5.97. The van der Waals surface area contributed by atoms with E-state index in [0.717, 1.165) is 16.9 Å². The van der Waals surface area contributed by atoms with Gasteiger partial charge in [0.25, 0.3) is 5.91 Å². The molecule has 1 amide bonds. The molecule has 0 saturated heterocycles. The number of hydrogen-bond acceptors (Lipinski definition) is 6. The highest BCUT2D eigenvalue weighted by atomic mass is 16.2. The van der Waals surface area contributed by atoms with Crippen molar-refractivity contribution in [1.29, 1.82) is 0 Å². The first-order chi connectivity index (χ1) is 12.1. The van der Waals surface area contributed by atoms with Crippen LogP contribution in [0.25, 0.3) is 5.69 Å². The standard InChI is InChI=1S/C17H17N7O/c1-11-16(22-24(21-11)13-5-3-2-4-6-13)17(25)23-8-7-14-12(10-23)9-15(18)20-19-14/h2-6,9H,7-8,10H2,1H3,(H2,18,20). The molecule has 0 fully saturated rings. The molecule has 0 atom stereocenters. The Kier molecular flexibility index (Phi) is 3.64. The van der Waals surface area contributed by atoms with Crippen molar-refractivity contribution >= 4 is 11.7 Å². The quantitative estimate of drug-likeness (QED) is 0.753. The van der Waals surface area contributed by atoms with Crippen molar-refractivity contribution in [3.05, 3.63) is 59.0 Å². The van der Waals surface area contributed by atoms with Crippen LogP contribution in [0.1, 0.15) is 27.4 Å². The number of carbonyl (C=O) groups excluding carboxylic acids is 1. The van der Waals surface area contributed by atoms with Gasteiger partial charge in [-0.15, -0.1) is 10.2 Å². The van der Waals surface area contributed by atoms with Crippen LogP contribution >= 0.6 is 0 Å². The average molecular weight is 335 g/mol. The predicted molar refractivity (Wildman–Crippen MR) is 91.0 cm³/mol. The van der Waals surface area contributed by atoms with Crippen LogP contribution in [0, 0.1) is 6.92 Å². The van der Waals surface area contributed by atoms with Crippen LogP contribution in [-0.2, 0) is 13.0 Å². The van der Waals surface area contributed by atoms with Crippen LogP contribution in [0.2, 0.25) is 0 Å². The predicted octanol–water partition coefficient (Wildman–Crippen LogP) is 1.15. The molecule has 1 aromatic carbocycles. The number of carbonyl (C=O) groups is 1. The van der Waals surface area contributed by atoms with E-state index in [1.165, 1.54) is 4.80 Å². The SMILES string of the molecule is Cc1nn(-c2ccccc2)nc1C(=O)N1CCc2nnc(N)cc2C1. The zero-order valence-electron chi connectivity index (χ0n) is 13.8. The van der Waals surface area contributed by atoms with Crippen LogP contribution in [-0.4, -0.2) is 42.5 Å². The summed E-state index contributed by atoms with van der Waals surface area (Å²) in [5.41, 5.74) is 9.31. The molecule has 0 aliphatic carbocycles. The fourth-order valence-corrected chi connectivity index (χ4v) is 2.92. The molecule has 0 spiro atoms. The first-order valence-electron chi connectivity index (χ1n) is 8.01. The molecule has 1 aliphatic heterocycles. The highest BCUT2D eigenvalue weighted by Gasteiger charge is 2.26. The summed E-state index contributed by atoms with van der Waals surface area (Å²) in [4.78, 5) is 16.1. The van der Waals surface area contributed by atoms with E-state index in [0.29, 0.717) is 36.7 Å². The third kappa shape index (κ3) is 2.82. The number of benzene rings is 1. The van der Waals surface area contributed by atoms with Crippen LogP contribution < -0.4 is 5.73 Å². The largest absolute Gasteiger partial charge is 0.382 e. The summed E-state index contributed by atoms with van der Waals surface area (Å²) in [5.74, 6) is 0.222. The first-order valence-corrected chi connectivity index (χ1v) is 8.01. The Balaban J connectivity index is 1.61. The van der Waals surface area contributed by atoms with Crippen molar-refractivity contribution < 1.29 is 4.79 Å². The van der Waals surface area contributed by atoms with E-state index in [2.05, 4.69) is 20.4 Å². The van der Waals surface area contributed by atoms with E-state index < -0.39 is 0 Å². The van der Waals surface area contributed by atoms with Crippen molar-refractivity contribution in [2.24, 2.45) is 0 Å². The van der Waals surface area contributed by atoms with E-state index in [-0.39, 0.29) is 5.91 Å². The molecule has 3 heterocycles. The molecule has 126 valence electrons. The van der Waals surface area contributed by atoms with Gasteiger partial charge in [-0.2, -0.15) is 15.0 Å². The topological polar surface area (TPSA) is 103 Å². The van der Waals surface area contributed by atoms with E-state index >= 15 is 0 Å². The van der Waals surface area contributed by atoms with E-state index in [4.69, 9.17) is 5.73 Å². The van der Waals surface area contributed by atoms with Gasteiger partial charge in [0.05, 0.1) is 17.1 Å². The number of fused-ring (bicyclic) bond motifs is 1. The zero-order chi connectivity index (χ0) is 17.4. The van der Waals surface area contributed by atoms with Gasteiger partial charge in [0.2, 0.25) is 0 Å². The average Bonchev–Trinajstić information content (AvgIpc) is 3.03. The second-order valence-corrected chi connectivity index (χ2v) is 5.98. The Morgan fingerprint density at radius 3 is 2.76 bits per heavy atom. The normalized spacial score (nSPS) is 13.6. The molecule has 8 heteroatoms. The van der Waals surface area contributed by atoms with E-state index in [9.17, 15) is 4.79 Å². The maximum atomic E-state index is 12.9. The fraction of sp³-hybridized carbons (Fsp3) is 0.235. The van der Waals surface area contributed by atoms with E-state index in [1.807, 2.05) is 30.3 Å². The summed E-state index contributed by atoms with van der Waals surface area (Å²) in [5, 5.41) is 16.7. The number of amides is 1. The Bertz CT molecular complexity index is 935. The van der Waals surface area contributed by atoms with Gasteiger partial charge in [-0.1, -0.05) is 18.2 Å². The van der Waals surface area contributed by atoms with Gasteiger partial charge in [0.15, 0.2) is 5.69 Å². The summed E-state index contributed by atoms with van der Waals surface area (Å²) in [6.07, 6.45) is 0.653.